The number of carbonyl (C=O) groups is 1. The Balaban J connectivity index is 0.00000195. The summed E-state index contributed by atoms with van der Waals surface area (Å²) < 4.78 is 11.4. The summed E-state index contributed by atoms with van der Waals surface area (Å²) in [5, 5.41) is 2.95. The van der Waals surface area contributed by atoms with Crippen molar-refractivity contribution in [3.8, 4) is 0 Å². The van der Waals surface area contributed by atoms with E-state index in [9.17, 15) is 4.79 Å². The van der Waals surface area contributed by atoms with Gasteiger partial charge in [-0.05, 0) is 48.1 Å². The summed E-state index contributed by atoms with van der Waals surface area (Å²) >= 11 is 0. The summed E-state index contributed by atoms with van der Waals surface area (Å²) in [7, 11) is 3.55. The molecule has 38 heavy (non-hydrogen) atoms. The number of hydrogen-bond acceptors (Lipinski definition) is 5. The van der Waals surface area contributed by atoms with Gasteiger partial charge in [-0.25, -0.2) is 0 Å². The molecule has 6 nitrogen and oxygen atoms in total. The smallest absolute Gasteiger partial charge is 0.271 e. The maximum absolute atomic E-state index is 13.2. The van der Waals surface area contributed by atoms with Crippen LogP contribution >= 0.6 is 0 Å². The van der Waals surface area contributed by atoms with Crippen molar-refractivity contribution >= 4 is 11.7 Å². The van der Waals surface area contributed by atoms with Crippen molar-refractivity contribution in [3.63, 3.8) is 0 Å². The normalized spacial score (nSPS) is 14.4. The number of likely N-dealkylation sites (N-methyl/N-ethyl adjacent to an activating group) is 1. The minimum absolute atomic E-state index is 0.0397. The van der Waals surface area contributed by atoms with Gasteiger partial charge in [0.15, 0.2) is 5.76 Å². The van der Waals surface area contributed by atoms with E-state index in [2.05, 4.69) is 49.5 Å². The summed E-state index contributed by atoms with van der Waals surface area (Å²) in [6.45, 7) is 9.47. The van der Waals surface area contributed by atoms with Crippen molar-refractivity contribution < 1.29 is 14.3 Å². The van der Waals surface area contributed by atoms with Crippen LogP contribution < -0.4 is 5.32 Å². The highest BCUT2D eigenvalue weighted by Crippen LogP contribution is 2.38. The lowest BCUT2D eigenvalue weighted by atomic mass is 9.94. The minimum Gasteiger partial charge on any atom is -0.484 e. The van der Waals surface area contributed by atoms with Crippen LogP contribution in [-0.2, 0) is 33.7 Å². The molecule has 202 valence electrons. The number of hydrogen-bond donors (Lipinski definition) is 1. The van der Waals surface area contributed by atoms with Gasteiger partial charge < -0.3 is 19.7 Å². The molecule has 1 N–H and O–H groups in total. The Labute approximate surface area is 227 Å². The molecule has 0 saturated heterocycles. The zero-order valence-electron chi connectivity index (χ0n) is 23.6. The van der Waals surface area contributed by atoms with Crippen LogP contribution in [0.4, 0.5) is 0 Å². The second kappa shape index (κ2) is 14.3. The Morgan fingerprint density at radius 1 is 1.00 bits per heavy atom. The van der Waals surface area contributed by atoms with E-state index in [1.165, 1.54) is 11.1 Å². The molecule has 1 unspecified atom stereocenters. The molecule has 0 fully saturated rings. The van der Waals surface area contributed by atoms with Crippen LogP contribution in [0.5, 0.6) is 0 Å². The molecule has 2 heterocycles. The highest BCUT2D eigenvalue weighted by Gasteiger charge is 2.34. The fourth-order valence-corrected chi connectivity index (χ4v) is 4.42. The Kier molecular flexibility index (Phi) is 10.9. The van der Waals surface area contributed by atoms with Crippen LogP contribution in [0.2, 0.25) is 0 Å². The maximum atomic E-state index is 13.2. The van der Waals surface area contributed by atoms with Gasteiger partial charge in [-0.15, -0.1) is 0 Å². The van der Waals surface area contributed by atoms with E-state index in [1.807, 2.05) is 62.3 Å². The summed E-state index contributed by atoms with van der Waals surface area (Å²) in [4.78, 5) is 20.1. The summed E-state index contributed by atoms with van der Waals surface area (Å²) in [6, 6.07) is 20.8. The van der Waals surface area contributed by atoms with Gasteiger partial charge in [-0.3, -0.25) is 9.78 Å². The molecular weight excluding hydrogens is 474 g/mol. The maximum Gasteiger partial charge on any atom is 0.271 e. The number of aryl methyl sites for hydroxylation is 1. The van der Waals surface area contributed by atoms with Crippen molar-refractivity contribution in [2.24, 2.45) is 0 Å². The standard InChI is InChI=1S/C30H35N3O3.C2H6/c1-5-22-11-13-23(14-12-22)17-25-18-26-21(2)33(3)28(30(34)31-15-16-35-4)29(27(26)32-19-25)36-20-24-9-7-6-8-10-24;1-2/h6-14,18-19,21H,5,15-17,20H2,1-4H3,(H,31,34);1-2H3. The molecule has 0 spiro atoms. The number of rotatable bonds is 10. The van der Waals surface area contributed by atoms with Crippen LogP contribution in [0, 0.1) is 0 Å². The Morgan fingerprint density at radius 2 is 1.68 bits per heavy atom. The Bertz CT molecular complexity index is 1210. The first-order chi connectivity index (χ1) is 18.5. The first-order valence-electron chi connectivity index (χ1n) is 13.5. The molecule has 0 bridgehead atoms. The number of nitrogens with zero attached hydrogens (tertiary/aromatic N) is 2. The van der Waals surface area contributed by atoms with Crippen LogP contribution in [-0.4, -0.2) is 43.1 Å². The number of ether oxygens (including phenoxy) is 2. The molecule has 1 atom stereocenters. The van der Waals surface area contributed by atoms with E-state index in [0.717, 1.165) is 35.2 Å². The second-order valence-electron chi connectivity index (χ2n) is 9.12. The summed E-state index contributed by atoms with van der Waals surface area (Å²) in [5.41, 5.74) is 7.00. The lowest BCUT2D eigenvalue weighted by Gasteiger charge is -2.36. The third-order valence-electron chi connectivity index (χ3n) is 6.66. The number of benzene rings is 2. The van der Waals surface area contributed by atoms with Crippen molar-refractivity contribution in [2.75, 3.05) is 27.3 Å². The quantitative estimate of drug-likeness (QED) is 0.340. The average Bonchev–Trinajstić information content (AvgIpc) is 2.96. The van der Waals surface area contributed by atoms with E-state index in [4.69, 9.17) is 14.5 Å². The molecule has 1 aliphatic heterocycles. The van der Waals surface area contributed by atoms with Crippen molar-refractivity contribution in [2.45, 2.75) is 53.2 Å². The SMILES string of the molecule is CC.CCc1ccc(Cc2cnc3c(c2)C(C)N(C)C(C(=O)NCCOC)=C3OCc2ccccc2)cc1. The first-order valence-corrected chi connectivity index (χ1v) is 13.5. The molecule has 4 rings (SSSR count). The molecule has 3 aromatic rings. The predicted molar refractivity (Wildman–Crippen MR) is 153 cm³/mol. The number of methoxy groups -OCH3 is 1. The van der Waals surface area contributed by atoms with E-state index in [0.29, 0.717) is 31.2 Å². The van der Waals surface area contributed by atoms with Gasteiger partial charge in [0.1, 0.15) is 18.0 Å². The van der Waals surface area contributed by atoms with Crippen molar-refractivity contribution in [1.82, 2.24) is 15.2 Å². The molecule has 0 radical (unpaired) electrons. The topological polar surface area (TPSA) is 63.7 Å². The lowest BCUT2D eigenvalue weighted by molar-refractivity contribution is -0.119. The molecule has 1 aromatic heterocycles. The van der Waals surface area contributed by atoms with Crippen LogP contribution in [0.3, 0.4) is 0 Å². The molecule has 0 aliphatic carbocycles. The van der Waals surface area contributed by atoms with Gasteiger partial charge in [0, 0.05) is 32.5 Å². The number of aromatic nitrogens is 1. The fourth-order valence-electron chi connectivity index (χ4n) is 4.42. The number of amides is 1. The van der Waals surface area contributed by atoms with Gasteiger partial charge in [0.05, 0.1) is 12.6 Å². The Hall–Kier alpha value is -3.64. The van der Waals surface area contributed by atoms with Crippen LogP contribution in [0.25, 0.3) is 5.76 Å². The predicted octanol–water partition coefficient (Wildman–Crippen LogP) is 5.92. The van der Waals surface area contributed by atoms with Gasteiger partial charge in [0.25, 0.3) is 5.91 Å². The van der Waals surface area contributed by atoms with Crippen LogP contribution in [0.15, 0.2) is 72.6 Å². The molecule has 6 heteroatoms. The molecular formula is C32H41N3O3. The second-order valence-corrected chi connectivity index (χ2v) is 9.12. The van der Waals surface area contributed by atoms with E-state index >= 15 is 0 Å². The van der Waals surface area contributed by atoms with Gasteiger partial charge in [-0.1, -0.05) is 75.4 Å². The molecule has 1 amide bonds. The largest absolute Gasteiger partial charge is 0.484 e. The number of fused-ring (bicyclic) bond motifs is 1. The van der Waals surface area contributed by atoms with Gasteiger partial charge >= 0.3 is 0 Å². The van der Waals surface area contributed by atoms with Crippen molar-refractivity contribution in [3.05, 3.63) is 106 Å². The monoisotopic (exact) mass is 515 g/mol. The van der Waals surface area contributed by atoms with Gasteiger partial charge in [-0.2, -0.15) is 0 Å². The number of carbonyl (C=O) groups excluding carboxylic acids is 1. The van der Waals surface area contributed by atoms with Gasteiger partial charge in [0.2, 0.25) is 0 Å². The third-order valence-corrected chi connectivity index (χ3v) is 6.66. The fraction of sp³-hybridized carbons (Fsp3) is 0.375. The average molecular weight is 516 g/mol. The zero-order chi connectivity index (χ0) is 27.5. The highest BCUT2D eigenvalue weighted by molar-refractivity contribution is 6.00. The number of pyridine rings is 1. The third kappa shape index (κ3) is 7.01. The highest BCUT2D eigenvalue weighted by atomic mass is 16.5. The van der Waals surface area contributed by atoms with Crippen LogP contribution in [0.1, 0.15) is 67.2 Å². The van der Waals surface area contributed by atoms with E-state index in [-0.39, 0.29) is 11.9 Å². The molecule has 2 aromatic carbocycles. The number of nitrogens with one attached hydrogen (secondary N) is 1. The van der Waals surface area contributed by atoms with E-state index in [1.54, 1.807) is 7.11 Å². The van der Waals surface area contributed by atoms with E-state index < -0.39 is 0 Å². The minimum atomic E-state index is -0.197. The summed E-state index contributed by atoms with van der Waals surface area (Å²) in [6.07, 6.45) is 3.73. The molecule has 1 aliphatic rings. The zero-order valence-corrected chi connectivity index (χ0v) is 23.6. The first kappa shape index (κ1) is 28.9. The summed E-state index contributed by atoms with van der Waals surface area (Å²) in [5.74, 6) is 0.306. The lowest BCUT2D eigenvalue weighted by Crippen LogP contribution is -2.39. The van der Waals surface area contributed by atoms with Crippen molar-refractivity contribution in [1.29, 1.82) is 0 Å². The Morgan fingerprint density at radius 3 is 2.34 bits per heavy atom. The molecule has 0 saturated carbocycles.